The fraction of sp³-hybridized carbons (Fsp3) is 0.125. The lowest BCUT2D eigenvalue weighted by atomic mass is 10.2. The summed E-state index contributed by atoms with van der Waals surface area (Å²) >= 11 is 1.54. The van der Waals surface area contributed by atoms with Gasteiger partial charge < -0.3 is 9.47 Å². The first kappa shape index (κ1) is 15.4. The van der Waals surface area contributed by atoms with Gasteiger partial charge in [0.15, 0.2) is 5.70 Å². The molecule has 0 saturated carbocycles. The van der Waals surface area contributed by atoms with E-state index < -0.39 is 12.6 Å². The Balaban J connectivity index is 1.82. The van der Waals surface area contributed by atoms with Gasteiger partial charge in [0.25, 0.3) is 0 Å². The molecule has 3 rings (SSSR count). The van der Waals surface area contributed by atoms with E-state index in [1.165, 1.54) is 24.3 Å². The molecule has 0 unspecified atom stereocenters. The van der Waals surface area contributed by atoms with Crippen molar-refractivity contribution in [1.29, 1.82) is 0 Å². The number of aliphatic imine (C=N–C) groups is 1. The highest BCUT2D eigenvalue weighted by molar-refractivity contribution is 7.12. The summed E-state index contributed by atoms with van der Waals surface area (Å²) in [6.07, 6.45) is 1.65. The van der Waals surface area contributed by atoms with Crippen molar-refractivity contribution in [2.45, 2.75) is 13.5 Å². The van der Waals surface area contributed by atoms with Crippen molar-refractivity contribution in [3.05, 3.63) is 57.4 Å². The molecule has 4 nitrogen and oxygen atoms in total. The molecule has 7 heteroatoms. The van der Waals surface area contributed by atoms with Gasteiger partial charge >= 0.3 is 12.6 Å². The summed E-state index contributed by atoms with van der Waals surface area (Å²) in [6, 6.07) is 9.57. The van der Waals surface area contributed by atoms with Crippen LogP contribution in [0, 0.1) is 6.92 Å². The van der Waals surface area contributed by atoms with E-state index >= 15 is 0 Å². The molecule has 1 aliphatic heterocycles. The van der Waals surface area contributed by atoms with Gasteiger partial charge in [-0.05, 0) is 49.4 Å². The van der Waals surface area contributed by atoms with Crippen molar-refractivity contribution < 1.29 is 23.0 Å². The van der Waals surface area contributed by atoms with Crippen molar-refractivity contribution in [2.24, 2.45) is 4.99 Å². The molecule has 1 aliphatic rings. The summed E-state index contributed by atoms with van der Waals surface area (Å²) in [5.41, 5.74) is 0.709. The van der Waals surface area contributed by atoms with Crippen molar-refractivity contribution in [3.8, 4) is 5.75 Å². The second-order valence-electron chi connectivity index (χ2n) is 4.69. The maximum absolute atomic E-state index is 12.1. The lowest BCUT2D eigenvalue weighted by molar-refractivity contribution is -0.129. The van der Waals surface area contributed by atoms with E-state index in [-0.39, 0.29) is 17.3 Å². The topological polar surface area (TPSA) is 47.9 Å². The molecule has 0 N–H and O–H groups in total. The lowest BCUT2D eigenvalue weighted by Crippen LogP contribution is -2.06. The molecule has 0 saturated heterocycles. The second kappa shape index (κ2) is 6.29. The van der Waals surface area contributed by atoms with Gasteiger partial charge in [0.1, 0.15) is 5.75 Å². The van der Waals surface area contributed by atoms with Crippen LogP contribution in [0.5, 0.6) is 5.75 Å². The van der Waals surface area contributed by atoms with Crippen LogP contribution < -0.4 is 4.74 Å². The van der Waals surface area contributed by atoms with Gasteiger partial charge in [-0.1, -0.05) is 0 Å². The second-order valence-corrected chi connectivity index (χ2v) is 6.01. The normalized spacial score (nSPS) is 15.9. The van der Waals surface area contributed by atoms with Crippen LogP contribution in [0.1, 0.15) is 15.3 Å². The predicted molar refractivity (Wildman–Crippen MR) is 82.7 cm³/mol. The van der Waals surface area contributed by atoms with Crippen LogP contribution in [0.15, 0.2) is 47.1 Å². The average Bonchev–Trinajstić information content (AvgIpc) is 3.06. The first-order valence-electron chi connectivity index (χ1n) is 6.65. The summed E-state index contributed by atoms with van der Waals surface area (Å²) < 4.78 is 33.6. The quantitative estimate of drug-likeness (QED) is 0.627. The third kappa shape index (κ3) is 3.62. The molecule has 1 aromatic heterocycles. The molecule has 0 amide bonds. The van der Waals surface area contributed by atoms with E-state index in [4.69, 9.17) is 4.74 Å². The van der Waals surface area contributed by atoms with Crippen LogP contribution in [-0.2, 0) is 9.53 Å². The van der Waals surface area contributed by atoms with Crippen LogP contribution in [-0.4, -0.2) is 18.5 Å². The maximum Gasteiger partial charge on any atom is 0.387 e. The molecule has 118 valence electrons. The SMILES string of the molecule is Cc1ccc(/C=C2\N=C(c3ccc(OC(F)F)cc3)OC2=O)s1. The van der Waals surface area contributed by atoms with Crippen LogP contribution >= 0.6 is 11.3 Å². The minimum Gasteiger partial charge on any atom is -0.435 e. The number of esters is 1. The Morgan fingerprint density at radius 1 is 1.22 bits per heavy atom. The number of rotatable bonds is 4. The molecule has 2 heterocycles. The Morgan fingerprint density at radius 3 is 2.57 bits per heavy atom. The Bertz CT molecular complexity index is 794. The number of ether oxygens (including phenoxy) is 2. The van der Waals surface area contributed by atoms with Crippen molar-refractivity contribution >= 4 is 29.3 Å². The fourth-order valence-corrected chi connectivity index (χ4v) is 2.79. The molecule has 0 atom stereocenters. The summed E-state index contributed by atoms with van der Waals surface area (Å²) in [4.78, 5) is 18.0. The maximum atomic E-state index is 12.1. The van der Waals surface area contributed by atoms with E-state index in [0.717, 1.165) is 9.75 Å². The highest BCUT2D eigenvalue weighted by Crippen LogP contribution is 2.24. The van der Waals surface area contributed by atoms with E-state index in [1.54, 1.807) is 17.4 Å². The Labute approximate surface area is 134 Å². The first-order valence-corrected chi connectivity index (χ1v) is 7.47. The fourth-order valence-electron chi connectivity index (χ4n) is 1.98. The summed E-state index contributed by atoms with van der Waals surface area (Å²) in [5, 5.41) is 0. The number of hydrogen-bond donors (Lipinski definition) is 0. The smallest absolute Gasteiger partial charge is 0.387 e. The molecule has 0 aliphatic carbocycles. The molecular formula is C16H11F2NO3S. The number of thiophene rings is 1. The zero-order valence-electron chi connectivity index (χ0n) is 12.0. The average molecular weight is 335 g/mol. The largest absolute Gasteiger partial charge is 0.435 e. The number of alkyl halides is 2. The van der Waals surface area contributed by atoms with E-state index in [9.17, 15) is 13.6 Å². The number of aryl methyl sites for hydroxylation is 1. The number of carbonyl (C=O) groups excluding carboxylic acids is 1. The van der Waals surface area contributed by atoms with Crippen molar-refractivity contribution in [1.82, 2.24) is 0 Å². The Hall–Kier alpha value is -2.54. The molecule has 0 spiro atoms. The van der Waals surface area contributed by atoms with Crippen LogP contribution in [0.2, 0.25) is 0 Å². The minimum atomic E-state index is -2.88. The summed E-state index contributed by atoms with van der Waals surface area (Å²) in [5.74, 6) is -0.379. The zero-order valence-corrected chi connectivity index (χ0v) is 12.8. The highest BCUT2D eigenvalue weighted by Gasteiger charge is 2.24. The number of carbonyl (C=O) groups is 1. The molecular weight excluding hydrogens is 324 g/mol. The summed E-state index contributed by atoms with van der Waals surface area (Å²) in [6.45, 7) is -0.913. The number of hydrogen-bond acceptors (Lipinski definition) is 5. The summed E-state index contributed by atoms with van der Waals surface area (Å²) in [7, 11) is 0. The molecule has 0 bridgehead atoms. The zero-order chi connectivity index (χ0) is 16.4. The van der Waals surface area contributed by atoms with Gasteiger partial charge in [-0.15, -0.1) is 11.3 Å². The first-order chi connectivity index (χ1) is 11.0. The van der Waals surface area contributed by atoms with E-state index in [1.807, 2.05) is 19.1 Å². The van der Waals surface area contributed by atoms with Crippen LogP contribution in [0.4, 0.5) is 8.78 Å². The molecule has 23 heavy (non-hydrogen) atoms. The van der Waals surface area contributed by atoms with Gasteiger partial charge in [0.05, 0.1) is 0 Å². The van der Waals surface area contributed by atoms with E-state index in [2.05, 4.69) is 9.73 Å². The Morgan fingerprint density at radius 2 is 1.96 bits per heavy atom. The highest BCUT2D eigenvalue weighted by atomic mass is 32.1. The number of nitrogens with zero attached hydrogens (tertiary/aromatic N) is 1. The Kier molecular flexibility index (Phi) is 4.20. The number of cyclic esters (lactones) is 1. The van der Waals surface area contributed by atoms with Gasteiger partial charge in [0, 0.05) is 15.3 Å². The predicted octanol–water partition coefficient (Wildman–Crippen LogP) is 4.00. The van der Waals surface area contributed by atoms with Gasteiger partial charge in [-0.25, -0.2) is 9.79 Å². The molecule has 0 radical (unpaired) electrons. The van der Waals surface area contributed by atoms with E-state index in [0.29, 0.717) is 5.56 Å². The van der Waals surface area contributed by atoms with Crippen LogP contribution in [0.3, 0.4) is 0 Å². The molecule has 2 aromatic rings. The van der Waals surface area contributed by atoms with Gasteiger partial charge in [-0.3, -0.25) is 0 Å². The monoisotopic (exact) mass is 335 g/mol. The van der Waals surface area contributed by atoms with Crippen molar-refractivity contribution in [3.63, 3.8) is 0 Å². The number of benzene rings is 1. The lowest BCUT2D eigenvalue weighted by Gasteiger charge is -2.04. The standard InChI is InChI=1S/C16H11F2NO3S/c1-9-2-7-12(23-9)8-13-15(20)22-14(19-13)10-3-5-11(6-4-10)21-16(17)18/h2-8,16H,1H3/b13-8-. The third-order valence-corrected chi connectivity index (χ3v) is 3.93. The third-order valence-electron chi connectivity index (χ3n) is 2.99. The van der Waals surface area contributed by atoms with Crippen LogP contribution in [0.25, 0.3) is 6.08 Å². The minimum absolute atomic E-state index is 0.0264. The van der Waals surface area contributed by atoms with Crippen molar-refractivity contribution in [2.75, 3.05) is 0 Å². The number of halogens is 2. The molecule has 0 fully saturated rings. The molecule has 1 aromatic carbocycles. The van der Waals surface area contributed by atoms with Gasteiger partial charge in [0.2, 0.25) is 5.90 Å². The van der Waals surface area contributed by atoms with Gasteiger partial charge in [-0.2, -0.15) is 8.78 Å².